The van der Waals surface area contributed by atoms with Gasteiger partial charge in [-0.3, -0.25) is 4.90 Å². The Bertz CT molecular complexity index is 584. The molecule has 124 valence electrons. The Morgan fingerprint density at radius 2 is 1.78 bits per heavy atom. The molecule has 1 aliphatic rings. The Labute approximate surface area is 138 Å². The van der Waals surface area contributed by atoms with Crippen LogP contribution < -0.4 is 5.11 Å². The highest BCUT2D eigenvalue weighted by atomic mass is 16.4. The van der Waals surface area contributed by atoms with Gasteiger partial charge in [0.15, 0.2) is 0 Å². The minimum absolute atomic E-state index is 0.179. The van der Waals surface area contributed by atoms with E-state index in [2.05, 4.69) is 44.7 Å². The lowest BCUT2D eigenvalue weighted by Gasteiger charge is -2.56. The van der Waals surface area contributed by atoms with Crippen molar-refractivity contribution in [2.75, 3.05) is 0 Å². The molecule has 0 radical (unpaired) electrons. The molecule has 1 aliphatic heterocycles. The summed E-state index contributed by atoms with van der Waals surface area (Å²) in [6.07, 6.45) is 1.35. The predicted molar refractivity (Wildman–Crippen MR) is 87.0 cm³/mol. The average molecular weight is 313 g/mol. The summed E-state index contributed by atoms with van der Waals surface area (Å²) in [5.74, 6) is -2.46. The fourth-order valence-electron chi connectivity index (χ4n) is 4.18. The number of likely N-dealkylation sites (tertiary alicyclic amines) is 1. The van der Waals surface area contributed by atoms with E-state index in [1.54, 1.807) is 0 Å². The van der Waals surface area contributed by atoms with E-state index in [-0.39, 0.29) is 17.0 Å². The zero-order valence-electron chi connectivity index (χ0n) is 14.4. The SMILES string of the molecule is CC1(C)CC(C(C#N)C(=O)[O-])CC(C)(C)N1Cc1ccccc1. The molecule has 2 rings (SSSR count). The largest absolute Gasteiger partial charge is 0.549 e. The molecule has 1 heterocycles. The molecule has 1 aromatic carbocycles. The molecule has 0 N–H and O–H groups in total. The number of carbonyl (C=O) groups excluding carboxylic acids is 1. The zero-order chi connectivity index (χ0) is 17.3. The molecule has 0 aromatic heterocycles. The summed E-state index contributed by atoms with van der Waals surface area (Å²) < 4.78 is 0. The molecule has 1 saturated heterocycles. The van der Waals surface area contributed by atoms with Crippen LogP contribution in [0.5, 0.6) is 0 Å². The molecule has 4 nitrogen and oxygen atoms in total. The summed E-state index contributed by atoms with van der Waals surface area (Å²) in [4.78, 5) is 13.7. The summed E-state index contributed by atoms with van der Waals surface area (Å²) in [6, 6.07) is 12.2. The van der Waals surface area contributed by atoms with Gasteiger partial charge in [0.05, 0.1) is 18.0 Å². The third kappa shape index (κ3) is 3.73. The van der Waals surface area contributed by atoms with E-state index in [0.717, 1.165) is 6.54 Å². The van der Waals surface area contributed by atoms with Crippen LogP contribution in [0.15, 0.2) is 30.3 Å². The zero-order valence-corrected chi connectivity index (χ0v) is 14.4. The van der Waals surface area contributed by atoms with Gasteiger partial charge >= 0.3 is 0 Å². The first-order valence-electron chi connectivity index (χ1n) is 8.09. The highest BCUT2D eigenvalue weighted by molar-refractivity contribution is 5.71. The molecular formula is C19H25N2O2-. The maximum Gasteiger partial charge on any atom is 0.0887 e. The number of carboxylic acid groups (broad SMARTS) is 1. The van der Waals surface area contributed by atoms with Gasteiger partial charge in [0.2, 0.25) is 0 Å². The van der Waals surface area contributed by atoms with Crippen molar-refractivity contribution in [3.05, 3.63) is 35.9 Å². The normalized spacial score (nSPS) is 22.2. The quantitative estimate of drug-likeness (QED) is 0.855. The predicted octanol–water partition coefficient (Wildman–Crippen LogP) is 2.35. The second-order valence-electron chi connectivity index (χ2n) is 7.79. The van der Waals surface area contributed by atoms with Crippen LogP contribution in [0.3, 0.4) is 0 Å². The van der Waals surface area contributed by atoms with Crippen molar-refractivity contribution in [2.45, 2.75) is 58.2 Å². The fraction of sp³-hybridized carbons (Fsp3) is 0.579. The summed E-state index contributed by atoms with van der Waals surface area (Å²) >= 11 is 0. The van der Waals surface area contributed by atoms with Crippen LogP contribution >= 0.6 is 0 Å². The highest BCUT2D eigenvalue weighted by Gasteiger charge is 2.47. The molecule has 1 fully saturated rings. The van der Waals surface area contributed by atoms with Gasteiger partial charge in [-0.2, -0.15) is 5.26 Å². The lowest BCUT2D eigenvalue weighted by atomic mass is 9.69. The van der Waals surface area contributed by atoms with Gasteiger partial charge in [-0.1, -0.05) is 30.3 Å². The van der Waals surface area contributed by atoms with Crippen LogP contribution in [0.2, 0.25) is 0 Å². The maximum absolute atomic E-state index is 11.3. The average Bonchev–Trinajstić information content (AvgIpc) is 2.43. The Balaban J connectivity index is 2.27. The van der Waals surface area contributed by atoms with E-state index >= 15 is 0 Å². The lowest BCUT2D eigenvalue weighted by molar-refractivity contribution is -0.311. The smallest absolute Gasteiger partial charge is 0.0887 e. The Kier molecular flexibility index (Phi) is 4.81. The molecule has 23 heavy (non-hydrogen) atoms. The first kappa shape index (κ1) is 17.5. The van der Waals surface area contributed by atoms with Gasteiger partial charge in [-0.05, 0) is 52.0 Å². The number of carbonyl (C=O) groups is 1. The lowest BCUT2D eigenvalue weighted by Crippen LogP contribution is -2.61. The molecular weight excluding hydrogens is 288 g/mol. The van der Waals surface area contributed by atoms with Crippen molar-refractivity contribution < 1.29 is 9.90 Å². The van der Waals surface area contributed by atoms with Crippen LogP contribution in [-0.2, 0) is 11.3 Å². The minimum atomic E-state index is -1.25. The molecule has 1 aromatic rings. The number of hydrogen-bond acceptors (Lipinski definition) is 4. The molecule has 1 unspecified atom stereocenters. The summed E-state index contributed by atoms with van der Waals surface area (Å²) in [5, 5.41) is 20.5. The van der Waals surface area contributed by atoms with Crippen LogP contribution in [0.1, 0.15) is 46.1 Å². The van der Waals surface area contributed by atoms with Gasteiger partial charge in [0.25, 0.3) is 0 Å². The molecule has 4 heteroatoms. The van der Waals surface area contributed by atoms with Gasteiger partial charge in [0.1, 0.15) is 0 Å². The van der Waals surface area contributed by atoms with E-state index in [1.165, 1.54) is 5.56 Å². The molecule has 1 atom stereocenters. The third-order valence-electron chi connectivity index (χ3n) is 5.03. The number of hydrogen-bond donors (Lipinski definition) is 0. The summed E-state index contributed by atoms with van der Waals surface area (Å²) in [7, 11) is 0. The summed E-state index contributed by atoms with van der Waals surface area (Å²) in [5.41, 5.74) is 0.864. The van der Waals surface area contributed by atoms with E-state index in [1.807, 2.05) is 24.3 Å². The number of piperidine rings is 1. The first-order valence-corrected chi connectivity index (χ1v) is 8.09. The number of benzene rings is 1. The number of aliphatic carboxylic acids is 1. The highest BCUT2D eigenvalue weighted by Crippen LogP contribution is 2.44. The molecule has 0 bridgehead atoms. The second kappa shape index (κ2) is 6.33. The van der Waals surface area contributed by atoms with E-state index < -0.39 is 11.9 Å². The molecule has 0 spiro atoms. The van der Waals surface area contributed by atoms with Gasteiger partial charge in [-0.25, -0.2) is 0 Å². The minimum Gasteiger partial charge on any atom is -0.549 e. The van der Waals surface area contributed by atoms with E-state index in [0.29, 0.717) is 12.8 Å². The summed E-state index contributed by atoms with van der Waals surface area (Å²) in [6.45, 7) is 9.35. The number of rotatable bonds is 4. The topological polar surface area (TPSA) is 67.2 Å². The Morgan fingerprint density at radius 3 is 2.22 bits per heavy atom. The molecule has 0 aliphatic carbocycles. The first-order chi connectivity index (χ1) is 10.7. The number of nitrogens with zero attached hydrogens (tertiary/aromatic N) is 2. The Hall–Kier alpha value is -1.86. The van der Waals surface area contributed by atoms with Crippen LogP contribution in [0.25, 0.3) is 0 Å². The van der Waals surface area contributed by atoms with Crippen molar-refractivity contribution in [1.82, 2.24) is 4.90 Å². The Morgan fingerprint density at radius 1 is 1.26 bits per heavy atom. The fourth-order valence-corrected chi connectivity index (χ4v) is 4.18. The maximum atomic E-state index is 11.3. The van der Waals surface area contributed by atoms with Crippen molar-refractivity contribution in [1.29, 1.82) is 5.26 Å². The number of carboxylic acids is 1. The van der Waals surface area contributed by atoms with Crippen molar-refractivity contribution in [2.24, 2.45) is 11.8 Å². The third-order valence-corrected chi connectivity index (χ3v) is 5.03. The molecule has 0 amide bonds. The standard InChI is InChI=1S/C19H26N2O2/c1-18(2)10-15(16(12-20)17(22)23)11-19(3,4)21(18)13-14-8-6-5-7-9-14/h5-9,15-16H,10-11,13H2,1-4H3,(H,22,23)/p-1. The van der Waals surface area contributed by atoms with Crippen molar-refractivity contribution >= 4 is 5.97 Å². The van der Waals surface area contributed by atoms with Crippen LogP contribution in [0, 0.1) is 23.2 Å². The number of nitriles is 1. The van der Waals surface area contributed by atoms with Crippen LogP contribution in [0.4, 0.5) is 0 Å². The molecule has 0 saturated carbocycles. The van der Waals surface area contributed by atoms with Crippen molar-refractivity contribution in [3.63, 3.8) is 0 Å². The van der Waals surface area contributed by atoms with Gasteiger partial charge in [-0.15, -0.1) is 0 Å². The monoisotopic (exact) mass is 313 g/mol. The van der Waals surface area contributed by atoms with Crippen LogP contribution in [-0.4, -0.2) is 21.9 Å². The second-order valence-corrected chi connectivity index (χ2v) is 7.79. The van der Waals surface area contributed by atoms with Gasteiger partial charge in [0, 0.05) is 17.6 Å². The van der Waals surface area contributed by atoms with E-state index in [9.17, 15) is 15.2 Å². The van der Waals surface area contributed by atoms with Gasteiger partial charge < -0.3 is 9.90 Å². The van der Waals surface area contributed by atoms with E-state index in [4.69, 9.17) is 0 Å². The van der Waals surface area contributed by atoms with Crippen molar-refractivity contribution in [3.8, 4) is 6.07 Å².